The van der Waals surface area contributed by atoms with Crippen LogP contribution in [0.15, 0.2) is 40.9 Å². The Morgan fingerprint density at radius 3 is 2.29 bits per heavy atom. The minimum Gasteiger partial charge on any atom is -0.478 e. The summed E-state index contributed by atoms with van der Waals surface area (Å²) in [7, 11) is 0. The van der Waals surface area contributed by atoms with E-state index in [2.05, 4.69) is 21.2 Å². The van der Waals surface area contributed by atoms with Crippen LogP contribution in [0.3, 0.4) is 0 Å². The number of carboxylic acids is 1. The highest BCUT2D eigenvalue weighted by Gasteiger charge is 2.14. The number of nitrogens with one attached hydrogen (secondary N) is 1. The zero-order valence-corrected chi connectivity index (χ0v) is 13.2. The Morgan fingerprint density at radius 2 is 1.62 bits per heavy atom. The molecule has 0 unspecified atom stereocenters. The molecule has 2 aromatic rings. The Labute approximate surface area is 130 Å². The second kappa shape index (κ2) is 6.10. The van der Waals surface area contributed by atoms with Gasteiger partial charge in [-0.1, -0.05) is 28.1 Å². The number of hydrogen-bond donors (Lipinski definition) is 2. The fourth-order valence-electron chi connectivity index (χ4n) is 2.05. The smallest absolute Gasteiger partial charge is 0.336 e. The van der Waals surface area contributed by atoms with Gasteiger partial charge in [0.15, 0.2) is 0 Å². The lowest BCUT2D eigenvalue weighted by Gasteiger charge is -2.12. The maximum absolute atomic E-state index is 12.3. The van der Waals surface area contributed by atoms with Crippen molar-refractivity contribution < 1.29 is 14.7 Å². The van der Waals surface area contributed by atoms with Gasteiger partial charge in [-0.2, -0.15) is 0 Å². The summed E-state index contributed by atoms with van der Waals surface area (Å²) in [4.78, 5) is 23.5. The first-order chi connectivity index (χ1) is 9.91. The molecule has 0 bridgehead atoms. The van der Waals surface area contributed by atoms with Crippen molar-refractivity contribution in [3.8, 4) is 0 Å². The van der Waals surface area contributed by atoms with E-state index >= 15 is 0 Å². The molecule has 0 aliphatic carbocycles. The molecule has 0 spiro atoms. The molecule has 0 aliphatic rings. The van der Waals surface area contributed by atoms with Crippen LogP contribution >= 0.6 is 15.9 Å². The van der Waals surface area contributed by atoms with Crippen molar-refractivity contribution in [1.29, 1.82) is 0 Å². The first kappa shape index (κ1) is 15.3. The van der Waals surface area contributed by atoms with Crippen molar-refractivity contribution in [1.82, 2.24) is 0 Å². The van der Waals surface area contributed by atoms with Crippen LogP contribution in [0, 0.1) is 13.8 Å². The Bertz CT molecular complexity index is 725. The summed E-state index contributed by atoms with van der Waals surface area (Å²) in [5, 5.41) is 11.9. The maximum Gasteiger partial charge on any atom is 0.336 e. The van der Waals surface area contributed by atoms with E-state index in [1.165, 1.54) is 6.07 Å². The molecule has 0 saturated carbocycles. The van der Waals surface area contributed by atoms with E-state index in [1.807, 2.05) is 13.0 Å². The monoisotopic (exact) mass is 347 g/mol. The Morgan fingerprint density at radius 1 is 1.00 bits per heavy atom. The van der Waals surface area contributed by atoms with Crippen molar-refractivity contribution in [3.63, 3.8) is 0 Å². The van der Waals surface area contributed by atoms with Crippen LogP contribution in [0.4, 0.5) is 5.69 Å². The summed E-state index contributed by atoms with van der Waals surface area (Å²) in [6.07, 6.45) is 0. The molecule has 1 amide bonds. The highest BCUT2D eigenvalue weighted by Crippen LogP contribution is 2.23. The van der Waals surface area contributed by atoms with Crippen LogP contribution in [-0.2, 0) is 0 Å². The average molecular weight is 348 g/mol. The van der Waals surface area contributed by atoms with Crippen LogP contribution < -0.4 is 5.32 Å². The molecule has 2 aromatic carbocycles. The second-order valence-corrected chi connectivity index (χ2v) is 5.50. The van der Waals surface area contributed by atoms with Gasteiger partial charge in [-0.3, -0.25) is 4.79 Å². The largest absolute Gasteiger partial charge is 0.478 e. The van der Waals surface area contributed by atoms with Crippen molar-refractivity contribution >= 4 is 33.5 Å². The zero-order chi connectivity index (χ0) is 15.6. The molecule has 4 nitrogen and oxygen atoms in total. The minimum atomic E-state index is -1.01. The fraction of sp³-hybridized carbons (Fsp3) is 0.125. The molecule has 0 heterocycles. The highest BCUT2D eigenvalue weighted by atomic mass is 79.9. The number of carbonyl (C=O) groups is 2. The van der Waals surface area contributed by atoms with E-state index in [1.54, 1.807) is 31.2 Å². The summed E-state index contributed by atoms with van der Waals surface area (Å²) in [5.74, 6) is -1.28. The third kappa shape index (κ3) is 3.13. The van der Waals surface area contributed by atoms with E-state index in [0.29, 0.717) is 16.8 Å². The van der Waals surface area contributed by atoms with Gasteiger partial charge in [-0.25, -0.2) is 4.79 Å². The van der Waals surface area contributed by atoms with Gasteiger partial charge in [0.25, 0.3) is 5.91 Å². The molecule has 0 aromatic heterocycles. The van der Waals surface area contributed by atoms with Gasteiger partial charge in [-0.15, -0.1) is 0 Å². The number of benzene rings is 2. The molecule has 108 valence electrons. The quantitative estimate of drug-likeness (QED) is 0.881. The highest BCUT2D eigenvalue weighted by molar-refractivity contribution is 9.10. The van der Waals surface area contributed by atoms with Crippen molar-refractivity contribution in [2.24, 2.45) is 0 Å². The SMILES string of the molecule is Cc1c(Br)cccc1C(=O)Nc1cccc(C(=O)O)c1C. The summed E-state index contributed by atoms with van der Waals surface area (Å²) >= 11 is 3.39. The van der Waals surface area contributed by atoms with Gasteiger partial charge in [-0.05, 0) is 49.2 Å². The van der Waals surface area contributed by atoms with E-state index in [9.17, 15) is 9.59 Å². The van der Waals surface area contributed by atoms with E-state index in [-0.39, 0.29) is 11.5 Å². The minimum absolute atomic E-state index is 0.179. The van der Waals surface area contributed by atoms with Crippen LogP contribution in [-0.4, -0.2) is 17.0 Å². The average Bonchev–Trinajstić information content (AvgIpc) is 2.43. The van der Waals surface area contributed by atoms with Crippen LogP contribution in [0.25, 0.3) is 0 Å². The molecule has 2 rings (SSSR count). The summed E-state index contributed by atoms with van der Waals surface area (Å²) in [5.41, 5.74) is 2.59. The predicted octanol–water partition coefficient (Wildman–Crippen LogP) is 4.02. The summed E-state index contributed by atoms with van der Waals surface area (Å²) in [6, 6.07) is 10.2. The standard InChI is InChI=1S/C16H14BrNO3/c1-9-11(5-3-7-13(9)17)15(19)18-14-8-4-6-12(10(14)2)16(20)21/h3-8H,1-2H3,(H,18,19)(H,20,21). The maximum atomic E-state index is 12.3. The molecule has 0 radical (unpaired) electrons. The number of rotatable bonds is 3. The lowest BCUT2D eigenvalue weighted by molar-refractivity contribution is 0.0695. The van der Waals surface area contributed by atoms with Crippen LogP contribution in [0.5, 0.6) is 0 Å². The third-order valence-corrected chi connectivity index (χ3v) is 4.18. The molecule has 5 heteroatoms. The second-order valence-electron chi connectivity index (χ2n) is 4.65. The van der Waals surface area contributed by atoms with Crippen LogP contribution in [0.1, 0.15) is 31.8 Å². The van der Waals surface area contributed by atoms with E-state index in [4.69, 9.17) is 5.11 Å². The molecular weight excluding hydrogens is 334 g/mol. The fourth-order valence-corrected chi connectivity index (χ4v) is 2.41. The normalized spacial score (nSPS) is 10.2. The van der Waals surface area contributed by atoms with Gasteiger partial charge in [0.1, 0.15) is 0 Å². The number of carbonyl (C=O) groups excluding carboxylic acids is 1. The molecular formula is C16H14BrNO3. The zero-order valence-electron chi connectivity index (χ0n) is 11.6. The van der Waals surface area contributed by atoms with E-state index < -0.39 is 5.97 Å². The Kier molecular flexibility index (Phi) is 4.43. The first-order valence-electron chi connectivity index (χ1n) is 6.31. The molecule has 0 atom stereocenters. The number of anilines is 1. The predicted molar refractivity (Wildman–Crippen MR) is 85.0 cm³/mol. The van der Waals surface area contributed by atoms with Crippen LogP contribution in [0.2, 0.25) is 0 Å². The lowest BCUT2D eigenvalue weighted by Crippen LogP contribution is -2.15. The van der Waals surface area contributed by atoms with Crippen molar-refractivity contribution in [2.75, 3.05) is 5.32 Å². The van der Waals surface area contributed by atoms with Gasteiger partial charge in [0.05, 0.1) is 5.56 Å². The third-order valence-electron chi connectivity index (χ3n) is 3.32. The van der Waals surface area contributed by atoms with E-state index in [0.717, 1.165) is 10.0 Å². The van der Waals surface area contributed by atoms with Gasteiger partial charge >= 0.3 is 5.97 Å². The molecule has 0 saturated heterocycles. The summed E-state index contributed by atoms with van der Waals surface area (Å²) in [6.45, 7) is 3.52. The molecule has 2 N–H and O–H groups in total. The molecule has 0 fully saturated rings. The van der Waals surface area contributed by atoms with Gasteiger partial charge in [0.2, 0.25) is 0 Å². The Hall–Kier alpha value is -2.14. The molecule has 0 aliphatic heterocycles. The van der Waals surface area contributed by atoms with Crippen molar-refractivity contribution in [2.45, 2.75) is 13.8 Å². The lowest BCUT2D eigenvalue weighted by atomic mass is 10.1. The topological polar surface area (TPSA) is 66.4 Å². The Balaban J connectivity index is 2.34. The number of aromatic carboxylic acids is 1. The van der Waals surface area contributed by atoms with Gasteiger partial charge < -0.3 is 10.4 Å². The molecule has 21 heavy (non-hydrogen) atoms. The van der Waals surface area contributed by atoms with Gasteiger partial charge in [0, 0.05) is 15.7 Å². The summed E-state index contributed by atoms with van der Waals surface area (Å²) < 4.78 is 0.853. The number of halogens is 1. The number of hydrogen-bond acceptors (Lipinski definition) is 2. The number of carboxylic acid groups (broad SMARTS) is 1. The first-order valence-corrected chi connectivity index (χ1v) is 7.10. The van der Waals surface area contributed by atoms with Crippen molar-refractivity contribution in [3.05, 3.63) is 63.1 Å². The number of amides is 1.